The van der Waals surface area contributed by atoms with Crippen LogP contribution < -0.4 is 0 Å². The highest BCUT2D eigenvalue weighted by atomic mass is 16.7. The summed E-state index contributed by atoms with van der Waals surface area (Å²) in [6, 6.07) is 0. The van der Waals surface area contributed by atoms with Crippen LogP contribution in [0.25, 0.3) is 0 Å². The quantitative estimate of drug-likeness (QED) is 0.486. The van der Waals surface area contributed by atoms with Crippen LogP contribution in [-0.4, -0.2) is 26.8 Å². The third-order valence-corrected chi connectivity index (χ3v) is 1.16. The van der Waals surface area contributed by atoms with Crippen LogP contribution in [0.1, 0.15) is 12.8 Å². The summed E-state index contributed by atoms with van der Waals surface area (Å²) in [5.41, 5.74) is 0. The summed E-state index contributed by atoms with van der Waals surface area (Å²) in [4.78, 5) is 0. The minimum atomic E-state index is 0.375. The molecule has 1 saturated heterocycles. The van der Waals surface area contributed by atoms with Crippen LogP contribution in [0.3, 0.4) is 0 Å². The van der Waals surface area contributed by atoms with E-state index in [0.29, 0.717) is 13.6 Å². The Morgan fingerprint density at radius 3 is 1.78 bits per heavy atom. The molecule has 0 spiro atoms. The van der Waals surface area contributed by atoms with E-state index in [4.69, 9.17) is 14.2 Å². The Morgan fingerprint density at radius 1 is 0.667 bits per heavy atom. The number of ether oxygens (including phenoxy) is 3. The van der Waals surface area contributed by atoms with Crippen LogP contribution in [0.4, 0.5) is 0 Å². The molecular formula is C6H12O3. The topological polar surface area (TPSA) is 27.7 Å². The summed E-state index contributed by atoms with van der Waals surface area (Å²) in [5.74, 6) is 0. The van der Waals surface area contributed by atoms with Crippen molar-refractivity contribution in [1.29, 1.82) is 0 Å². The minimum absolute atomic E-state index is 0.375. The van der Waals surface area contributed by atoms with Gasteiger partial charge in [-0.15, -0.1) is 0 Å². The van der Waals surface area contributed by atoms with Gasteiger partial charge < -0.3 is 14.2 Å². The zero-order valence-electron chi connectivity index (χ0n) is 5.47. The van der Waals surface area contributed by atoms with Gasteiger partial charge in [-0.25, -0.2) is 0 Å². The molecular weight excluding hydrogens is 120 g/mol. The Kier molecular flexibility index (Phi) is 3.68. The lowest BCUT2D eigenvalue weighted by Gasteiger charge is -2.00. The van der Waals surface area contributed by atoms with Crippen molar-refractivity contribution in [2.24, 2.45) is 0 Å². The van der Waals surface area contributed by atoms with E-state index in [0.717, 1.165) is 26.1 Å². The Morgan fingerprint density at radius 2 is 1.22 bits per heavy atom. The largest absolute Gasteiger partial charge is 0.355 e. The van der Waals surface area contributed by atoms with Gasteiger partial charge in [-0.1, -0.05) is 0 Å². The predicted molar refractivity (Wildman–Crippen MR) is 32.0 cm³/mol. The van der Waals surface area contributed by atoms with Crippen molar-refractivity contribution in [1.82, 2.24) is 0 Å². The molecule has 9 heavy (non-hydrogen) atoms. The molecule has 0 bridgehead atoms. The Hall–Kier alpha value is -0.120. The average molecular weight is 132 g/mol. The van der Waals surface area contributed by atoms with E-state index in [9.17, 15) is 0 Å². The summed E-state index contributed by atoms with van der Waals surface area (Å²) in [7, 11) is 0. The molecule has 0 aromatic rings. The lowest BCUT2D eigenvalue weighted by molar-refractivity contribution is -0.121. The molecule has 0 unspecified atom stereocenters. The van der Waals surface area contributed by atoms with Crippen molar-refractivity contribution in [3.05, 3.63) is 0 Å². The summed E-state index contributed by atoms with van der Waals surface area (Å²) in [6.45, 7) is 2.34. The lowest BCUT2D eigenvalue weighted by atomic mass is 10.3. The Labute approximate surface area is 54.9 Å². The maximum atomic E-state index is 5.05. The summed E-state index contributed by atoms with van der Waals surface area (Å²) >= 11 is 0. The second-order valence-corrected chi connectivity index (χ2v) is 1.96. The summed E-state index contributed by atoms with van der Waals surface area (Å²) in [5, 5.41) is 0. The van der Waals surface area contributed by atoms with Crippen LogP contribution in [0.15, 0.2) is 0 Å². The van der Waals surface area contributed by atoms with Crippen molar-refractivity contribution < 1.29 is 14.2 Å². The van der Waals surface area contributed by atoms with E-state index in [-0.39, 0.29) is 0 Å². The molecule has 0 saturated carbocycles. The second-order valence-electron chi connectivity index (χ2n) is 1.96. The Balaban J connectivity index is 2.02. The van der Waals surface area contributed by atoms with Gasteiger partial charge in [0.2, 0.25) is 0 Å². The number of hydrogen-bond donors (Lipinski definition) is 0. The van der Waals surface area contributed by atoms with E-state index in [1.54, 1.807) is 0 Å². The molecule has 3 heteroatoms. The van der Waals surface area contributed by atoms with Gasteiger partial charge >= 0.3 is 0 Å². The van der Waals surface area contributed by atoms with Crippen LogP contribution in [0, 0.1) is 0 Å². The molecule has 0 aromatic carbocycles. The highest BCUT2D eigenvalue weighted by Gasteiger charge is 1.94. The zero-order chi connectivity index (χ0) is 6.36. The third kappa shape index (κ3) is 3.46. The first kappa shape index (κ1) is 6.99. The zero-order valence-corrected chi connectivity index (χ0v) is 5.47. The van der Waals surface area contributed by atoms with Crippen molar-refractivity contribution in [2.45, 2.75) is 12.8 Å². The van der Waals surface area contributed by atoms with E-state index < -0.39 is 0 Å². The third-order valence-electron chi connectivity index (χ3n) is 1.16. The van der Waals surface area contributed by atoms with Gasteiger partial charge in [0.05, 0.1) is 0 Å². The molecule has 1 fully saturated rings. The summed E-state index contributed by atoms with van der Waals surface area (Å²) in [6.07, 6.45) is 2.15. The molecule has 1 rings (SSSR count). The van der Waals surface area contributed by atoms with Crippen molar-refractivity contribution in [3.8, 4) is 0 Å². The minimum Gasteiger partial charge on any atom is -0.355 e. The predicted octanol–water partition coefficient (Wildman–Crippen LogP) is 0.745. The van der Waals surface area contributed by atoms with Gasteiger partial charge in [0.15, 0.2) is 0 Å². The van der Waals surface area contributed by atoms with Gasteiger partial charge in [0.1, 0.15) is 13.6 Å². The molecule has 0 radical (unpaired) electrons. The van der Waals surface area contributed by atoms with Crippen LogP contribution in [-0.2, 0) is 14.2 Å². The van der Waals surface area contributed by atoms with E-state index in [2.05, 4.69) is 0 Å². The fraction of sp³-hybridized carbons (Fsp3) is 1.00. The second kappa shape index (κ2) is 4.73. The molecule has 0 amide bonds. The lowest BCUT2D eigenvalue weighted by Crippen LogP contribution is -2.01. The fourth-order valence-electron chi connectivity index (χ4n) is 0.678. The number of rotatable bonds is 0. The van der Waals surface area contributed by atoms with E-state index in [1.807, 2.05) is 0 Å². The van der Waals surface area contributed by atoms with Gasteiger partial charge in [-0.05, 0) is 12.8 Å². The molecule has 1 aliphatic heterocycles. The van der Waals surface area contributed by atoms with Crippen molar-refractivity contribution in [2.75, 3.05) is 26.8 Å². The van der Waals surface area contributed by atoms with E-state index >= 15 is 0 Å². The standard InChI is InChI=1S/C6H12O3/c1-2-4-8-6-9-5-7-3-1/h1-6H2. The van der Waals surface area contributed by atoms with Crippen LogP contribution in [0.2, 0.25) is 0 Å². The van der Waals surface area contributed by atoms with Gasteiger partial charge in [-0.2, -0.15) is 0 Å². The smallest absolute Gasteiger partial charge is 0.149 e. The summed E-state index contributed by atoms with van der Waals surface area (Å²) < 4.78 is 15.0. The molecule has 0 aliphatic carbocycles. The SMILES string of the molecule is C1CCOCOCOC1. The van der Waals surface area contributed by atoms with Gasteiger partial charge in [0.25, 0.3) is 0 Å². The monoisotopic (exact) mass is 132 g/mol. The first-order valence-electron chi connectivity index (χ1n) is 3.23. The maximum absolute atomic E-state index is 5.05. The highest BCUT2D eigenvalue weighted by Crippen LogP contribution is 1.94. The van der Waals surface area contributed by atoms with Crippen molar-refractivity contribution in [3.63, 3.8) is 0 Å². The van der Waals surface area contributed by atoms with Gasteiger partial charge in [0, 0.05) is 13.2 Å². The fourth-order valence-corrected chi connectivity index (χ4v) is 0.678. The average Bonchev–Trinajstić information content (AvgIpc) is 2.00. The molecule has 54 valence electrons. The molecule has 0 atom stereocenters. The molecule has 1 aliphatic rings. The van der Waals surface area contributed by atoms with Crippen LogP contribution >= 0.6 is 0 Å². The maximum Gasteiger partial charge on any atom is 0.149 e. The highest BCUT2D eigenvalue weighted by molar-refractivity contribution is 4.36. The molecule has 0 aromatic heterocycles. The molecule has 1 heterocycles. The van der Waals surface area contributed by atoms with Crippen LogP contribution in [0.5, 0.6) is 0 Å². The van der Waals surface area contributed by atoms with E-state index in [1.165, 1.54) is 0 Å². The first-order chi connectivity index (χ1) is 4.50. The normalized spacial score (nSPS) is 24.0. The first-order valence-corrected chi connectivity index (χ1v) is 3.23. The van der Waals surface area contributed by atoms with Crippen molar-refractivity contribution >= 4 is 0 Å². The molecule has 3 nitrogen and oxygen atoms in total. The number of hydrogen-bond acceptors (Lipinski definition) is 3. The van der Waals surface area contributed by atoms with Gasteiger partial charge in [-0.3, -0.25) is 0 Å². The Bertz CT molecular complexity index is 36.8. The molecule has 0 N–H and O–H groups in total.